The summed E-state index contributed by atoms with van der Waals surface area (Å²) in [7, 11) is 0. The van der Waals surface area contributed by atoms with Crippen molar-refractivity contribution in [1.29, 1.82) is 0 Å². The van der Waals surface area contributed by atoms with E-state index >= 15 is 0 Å². The van der Waals surface area contributed by atoms with Crippen LogP contribution in [-0.2, 0) is 4.79 Å². The first-order chi connectivity index (χ1) is 15.7. The van der Waals surface area contributed by atoms with Crippen LogP contribution in [0.25, 0.3) is 6.08 Å². The molecule has 1 fully saturated rings. The third-order valence-electron chi connectivity index (χ3n) is 4.79. The van der Waals surface area contributed by atoms with Gasteiger partial charge in [0.05, 0.1) is 11.4 Å². The molecule has 0 spiro atoms. The molecule has 2 heterocycles. The fraction of sp³-hybridized carbons (Fsp3) is 0. The number of nitrogens with zero attached hydrogens (tertiary/aromatic N) is 3. The Bertz CT molecular complexity index is 1260. The molecule has 7 heteroatoms. The fourth-order valence-electron chi connectivity index (χ4n) is 3.29. The summed E-state index contributed by atoms with van der Waals surface area (Å²) in [6, 6.07) is 28.5. The number of hydrogen-bond acceptors (Lipinski definition) is 6. The van der Waals surface area contributed by atoms with E-state index in [0.717, 1.165) is 28.1 Å². The van der Waals surface area contributed by atoms with E-state index in [-0.39, 0.29) is 11.1 Å². The Morgan fingerprint density at radius 3 is 1.94 bits per heavy atom. The van der Waals surface area contributed by atoms with Gasteiger partial charge in [-0.15, -0.1) is 0 Å². The molecule has 0 bridgehead atoms. The highest BCUT2D eigenvalue weighted by molar-refractivity contribution is 8.22. The number of hydrogen-bond donors (Lipinski definition) is 0. The SMILES string of the molecule is O=C1S/C(=C2\SC(/C=C/c3ccccc3)=NN2c2ccccc2)C(=O)N1c1ccccc1. The van der Waals surface area contributed by atoms with Crippen LogP contribution < -0.4 is 9.91 Å². The molecule has 0 unspecified atom stereocenters. The van der Waals surface area contributed by atoms with Crippen molar-refractivity contribution in [3.63, 3.8) is 0 Å². The zero-order chi connectivity index (χ0) is 21.9. The Labute approximate surface area is 194 Å². The Morgan fingerprint density at radius 2 is 1.28 bits per heavy atom. The Balaban J connectivity index is 1.52. The summed E-state index contributed by atoms with van der Waals surface area (Å²) in [6.45, 7) is 0. The van der Waals surface area contributed by atoms with Crippen LogP contribution in [0.3, 0.4) is 0 Å². The second-order valence-electron chi connectivity index (χ2n) is 6.91. The zero-order valence-corrected chi connectivity index (χ0v) is 18.4. The lowest BCUT2D eigenvalue weighted by Crippen LogP contribution is -2.28. The van der Waals surface area contributed by atoms with Gasteiger partial charge in [0.25, 0.3) is 11.1 Å². The van der Waals surface area contributed by atoms with Crippen LogP contribution >= 0.6 is 23.5 Å². The maximum atomic E-state index is 13.3. The van der Waals surface area contributed by atoms with Gasteiger partial charge < -0.3 is 0 Å². The first-order valence-corrected chi connectivity index (χ1v) is 11.5. The molecule has 0 N–H and O–H groups in total. The molecule has 5 rings (SSSR count). The van der Waals surface area contributed by atoms with Gasteiger partial charge in [-0.2, -0.15) is 5.10 Å². The third-order valence-corrected chi connectivity index (χ3v) is 6.84. The van der Waals surface area contributed by atoms with Crippen LogP contribution in [0.4, 0.5) is 16.2 Å². The van der Waals surface area contributed by atoms with Gasteiger partial charge in [0.1, 0.15) is 15.0 Å². The van der Waals surface area contributed by atoms with Gasteiger partial charge in [0.2, 0.25) is 0 Å². The third kappa shape index (κ3) is 4.00. The van der Waals surface area contributed by atoms with E-state index < -0.39 is 0 Å². The predicted octanol–water partition coefficient (Wildman–Crippen LogP) is 6.34. The first kappa shape index (κ1) is 20.4. The lowest BCUT2D eigenvalue weighted by Gasteiger charge is -2.16. The molecule has 5 nitrogen and oxygen atoms in total. The minimum atomic E-state index is -0.335. The largest absolute Gasteiger partial charge is 0.298 e. The number of carbonyl (C=O) groups excluding carboxylic acids is 2. The lowest BCUT2D eigenvalue weighted by molar-refractivity contribution is -0.113. The molecule has 0 saturated carbocycles. The predicted molar refractivity (Wildman–Crippen MR) is 133 cm³/mol. The van der Waals surface area contributed by atoms with Crippen molar-refractivity contribution < 1.29 is 9.59 Å². The maximum absolute atomic E-state index is 13.3. The second kappa shape index (κ2) is 8.90. The molecule has 3 aromatic carbocycles. The average Bonchev–Trinajstić information content (AvgIpc) is 3.39. The van der Waals surface area contributed by atoms with Crippen LogP contribution in [0.1, 0.15) is 5.56 Å². The van der Waals surface area contributed by atoms with E-state index in [1.54, 1.807) is 17.1 Å². The standard InChI is InChI=1S/C25H17N3O2S2/c29-23-22(32-25(30)27(23)19-12-6-2-7-13-19)24-28(20-14-8-3-9-15-20)26-21(31-24)17-16-18-10-4-1-5-11-18/h1-17H/b17-16+,24-22-. The molecule has 32 heavy (non-hydrogen) atoms. The van der Waals surface area contributed by atoms with Crippen molar-refractivity contribution in [3.05, 3.63) is 113 Å². The fourth-order valence-corrected chi connectivity index (χ4v) is 5.21. The highest BCUT2D eigenvalue weighted by Gasteiger charge is 2.41. The number of para-hydroxylation sites is 2. The Kier molecular flexibility index (Phi) is 5.66. The summed E-state index contributed by atoms with van der Waals surface area (Å²) in [5, 5.41) is 7.51. The zero-order valence-electron chi connectivity index (χ0n) is 16.8. The van der Waals surface area contributed by atoms with Crippen molar-refractivity contribution in [3.8, 4) is 0 Å². The molecule has 2 amide bonds. The maximum Gasteiger partial charge on any atom is 0.298 e. The van der Waals surface area contributed by atoms with E-state index in [2.05, 4.69) is 0 Å². The number of amides is 2. The summed E-state index contributed by atoms with van der Waals surface area (Å²) in [5.74, 6) is -0.335. The number of anilines is 2. The molecule has 0 radical (unpaired) electrons. The van der Waals surface area contributed by atoms with Crippen LogP contribution in [0.15, 0.2) is 112 Å². The first-order valence-electron chi connectivity index (χ1n) is 9.91. The van der Waals surface area contributed by atoms with E-state index in [9.17, 15) is 9.59 Å². The average molecular weight is 456 g/mol. The van der Waals surface area contributed by atoms with E-state index in [1.165, 1.54) is 16.7 Å². The van der Waals surface area contributed by atoms with Crippen LogP contribution in [-0.4, -0.2) is 16.2 Å². The summed E-state index contributed by atoms with van der Waals surface area (Å²) in [6.07, 6.45) is 3.90. The molecule has 1 saturated heterocycles. The van der Waals surface area contributed by atoms with Crippen LogP contribution in [0.2, 0.25) is 0 Å². The molecule has 0 atom stereocenters. The van der Waals surface area contributed by atoms with Crippen molar-refractivity contribution >= 4 is 57.2 Å². The molecule has 2 aliphatic rings. The smallest absolute Gasteiger partial charge is 0.267 e. The van der Waals surface area contributed by atoms with Crippen molar-refractivity contribution in [2.24, 2.45) is 5.10 Å². The molecule has 0 aromatic heterocycles. The topological polar surface area (TPSA) is 53.0 Å². The van der Waals surface area contributed by atoms with Gasteiger partial charge >= 0.3 is 0 Å². The number of benzene rings is 3. The van der Waals surface area contributed by atoms with Gasteiger partial charge in [0.15, 0.2) is 0 Å². The van der Waals surface area contributed by atoms with E-state index in [1.807, 2.05) is 91.0 Å². The van der Waals surface area contributed by atoms with E-state index in [4.69, 9.17) is 5.10 Å². The van der Waals surface area contributed by atoms with Gasteiger partial charge in [-0.25, -0.2) is 9.91 Å². The quantitative estimate of drug-likeness (QED) is 0.430. The number of imide groups is 1. The van der Waals surface area contributed by atoms with Gasteiger partial charge in [-0.3, -0.25) is 9.59 Å². The van der Waals surface area contributed by atoms with Gasteiger partial charge in [-0.1, -0.05) is 72.8 Å². The number of thioether (sulfide) groups is 2. The highest BCUT2D eigenvalue weighted by atomic mass is 32.2. The normalized spacial score (nSPS) is 18.7. The molecular formula is C25H17N3O2S2. The minimum absolute atomic E-state index is 0.314. The minimum Gasteiger partial charge on any atom is -0.267 e. The summed E-state index contributed by atoms with van der Waals surface area (Å²) in [5.41, 5.74) is 2.44. The van der Waals surface area contributed by atoms with Crippen LogP contribution in [0, 0.1) is 0 Å². The van der Waals surface area contributed by atoms with Crippen molar-refractivity contribution in [2.75, 3.05) is 9.91 Å². The number of carbonyl (C=O) groups is 2. The van der Waals surface area contributed by atoms with Gasteiger partial charge in [-0.05, 0) is 59.4 Å². The van der Waals surface area contributed by atoms with Gasteiger partial charge in [0, 0.05) is 0 Å². The number of rotatable bonds is 4. The van der Waals surface area contributed by atoms with Crippen molar-refractivity contribution in [1.82, 2.24) is 0 Å². The monoisotopic (exact) mass is 455 g/mol. The van der Waals surface area contributed by atoms with E-state index in [0.29, 0.717) is 15.6 Å². The summed E-state index contributed by atoms with van der Waals surface area (Å²) in [4.78, 5) is 27.6. The molecular weight excluding hydrogens is 438 g/mol. The molecule has 3 aromatic rings. The summed E-state index contributed by atoms with van der Waals surface area (Å²) < 4.78 is 0. The number of hydrazone groups is 1. The Hall–Kier alpha value is -3.55. The van der Waals surface area contributed by atoms with Crippen molar-refractivity contribution in [2.45, 2.75) is 0 Å². The molecule has 156 valence electrons. The second-order valence-corrected chi connectivity index (χ2v) is 8.88. The molecule has 2 aliphatic heterocycles. The lowest BCUT2D eigenvalue weighted by atomic mass is 10.2. The Morgan fingerprint density at radius 1 is 0.688 bits per heavy atom. The summed E-state index contributed by atoms with van der Waals surface area (Å²) >= 11 is 2.33. The van der Waals surface area contributed by atoms with Crippen LogP contribution in [0.5, 0.6) is 0 Å². The molecule has 0 aliphatic carbocycles. The highest BCUT2D eigenvalue weighted by Crippen LogP contribution is 2.45.